The van der Waals surface area contributed by atoms with Gasteiger partial charge in [-0.3, -0.25) is 14.9 Å². The average molecular weight is 228 g/mol. The molecule has 15 heavy (non-hydrogen) atoms. The number of hydrogen-bond donors (Lipinski definition) is 0. The molecule has 0 aliphatic heterocycles. The van der Waals surface area contributed by atoms with Gasteiger partial charge in [-0.15, -0.1) is 11.6 Å². The Kier molecular flexibility index (Phi) is 4.48. The van der Waals surface area contributed by atoms with Crippen LogP contribution in [-0.4, -0.2) is 34.3 Å². The molecular formula is C11H18ClN3. The molecule has 0 saturated carbocycles. The normalized spacial score (nSPS) is 11.1. The van der Waals surface area contributed by atoms with Crippen molar-refractivity contribution in [1.82, 2.24) is 14.9 Å². The number of aromatic nitrogens is 2. The van der Waals surface area contributed by atoms with Crippen LogP contribution in [0.4, 0.5) is 0 Å². The number of halogens is 1. The smallest absolute Gasteiger partial charge is 0.0759 e. The van der Waals surface area contributed by atoms with E-state index < -0.39 is 0 Å². The van der Waals surface area contributed by atoms with Crippen molar-refractivity contribution in [2.45, 2.75) is 27.3 Å². The largest absolute Gasteiger partial charge is 0.299 e. The molecule has 0 N–H and O–H groups in total. The van der Waals surface area contributed by atoms with Gasteiger partial charge in [0.25, 0.3) is 0 Å². The molecule has 0 aliphatic carbocycles. The van der Waals surface area contributed by atoms with E-state index in [-0.39, 0.29) is 0 Å². The molecule has 4 heteroatoms. The fraction of sp³-hybridized carbons (Fsp3) is 0.636. The summed E-state index contributed by atoms with van der Waals surface area (Å²) in [6.07, 6.45) is 0. The maximum Gasteiger partial charge on any atom is 0.0759 e. The number of nitrogens with zero attached hydrogens (tertiary/aromatic N) is 3. The third-order valence-electron chi connectivity index (χ3n) is 2.47. The second-order valence-electron chi connectivity index (χ2n) is 3.85. The van der Waals surface area contributed by atoms with E-state index in [0.717, 1.165) is 35.9 Å². The van der Waals surface area contributed by atoms with Gasteiger partial charge in [-0.25, -0.2) is 0 Å². The van der Waals surface area contributed by atoms with Crippen molar-refractivity contribution >= 4 is 11.6 Å². The van der Waals surface area contributed by atoms with E-state index in [1.807, 2.05) is 27.8 Å². The van der Waals surface area contributed by atoms with Crippen molar-refractivity contribution in [2.75, 3.05) is 19.5 Å². The molecule has 0 aliphatic rings. The molecule has 0 fully saturated rings. The molecule has 0 amide bonds. The van der Waals surface area contributed by atoms with Gasteiger partial charge in [0.1, 0.15) is 0 Å². The summed E-state index contributed by atoms with van der Waals surface area (Å²) >= 11 is 5.68. The molecule has 0 saturated heterocycles. The average Bonchev–Trinajstić information content (AvgIpc) is 2.14. The van der Waals surface area contributed by atoms with E-state index >= 15 is 0 Å². The molecule has 0 bridgehead atoms. The Hall–Kier alpha value is -0.670. The van der Waals surface area contributed by atoms with Crippen molar-refractivity contribution in [2.24, 2.45) is 0 Å². The van der Waals surface area contributed by atoms with Gasteiger partial charge >= 0.3 is 0 Å². The molecule has 0 spiro atoms. The topological polar surface area (TPSA) is 29.0 Å². The molecule has 1 aromatic rings. The van der Waals surface area contributed by atoms with Crippen LogP contribution in [-0.2, 0) is 6.54 Å². The Bertz CT molecular complexity index is 339. The van der Waals surface area contributed by atoms with E-state index in [0.29, 0.717) is 5.88 Å². The lowest BCUT2D eigenvalue weighted by Gasteiger charge is -2.16. The van der Waals surface area contributed by atoms with Crippen molar-refractivity contribution in [1.29, 1.82) is 0 Å². The second kappa shape index (κ2) is 5.42. The Morgan fingerprint density at radius 2 is 1.67 bits per heavy atom. The monoisotopic (exact) mass is 227 g/mol. The Balaban J connectivity index is 2.81. The fourth-order valence-electron chi connectivity index (χ4n) is 1.39. The van der Waals surface area contributed by atoms with Crippen LogP contribution in [0.15, 0.2) is 0 Å². The molecule has 1 aromatic heterocycles. The van der Waals surface area contributed by atoms with Crippen molar-refractivity contribution in [3.05, 3.63) is 22.8 Å². The van der Waals surface area contributed by atoms with E-state index in [2.05, 4.69) is 14.9 Å². The highest BCUT2D eigenvalue weighted by molar-refractivity contribution is 6.18. The van der Waals surface area contributed by atoms with E-state index in [4.69, 9.17) is 11.6 Å². The standard InChI is InChI=1S/C11H18ClN3/c1-8-9(2)14-11(10(3)13-8)7-15(4)6-5-12/h5-7H2,1-4H3. The van der Waals surface area contributed by atoms with Gasteiger partial charge in [0.05, 0.1) is 22.8 Å². The summed E-state index contributed by atoms with van der Waals surface area (Å²) in [5, 5.41) is 0. The summed E-state index contributed by atoms with van der Waals surface area (Å²) in [6.45, 7) is 7.67. The predicted octanol–water partition coefficient (Wildman–Crippen LogP) is 2.07. The zero-order valence-corrected chi connectivity index (χ0v) is 10.6. The summed E-state index contributed by atoms with van der Waals surface area (Å²) < 4.78 is 0. The number of hydrogen-bond acceptors (Lipinski definition) is 3. The minimum absolute atomic E-state index is 0.647. The third kappa shape index (κ3) is 3.43. The van der Waals surface area contributed by atoms with Crippen LogP contribution in [0.3, 0.4) is 0 Å². The molecule has 0 radical (unpaired) electrons. The Morgan fingerprint density at radius 3 is 2.27 bits per heavy atom. The third-order valence-corrected chi connectivity index (χ3v) is 2.63. The van der Waals surface area contributed by atoms with Gasteiger partial charge in [0.2, 0.25) is 0 Å². The van der Waals surface area contributed by atoms with Gasteiger partial charge in [0.15, 0.2) is 0 Å². The molecule has 1 heterocycles. The zero-order valence-electron chi connectivity index (χ0n) is 9.84. The van der Waals surface area contributed by atoms with Crippen LogP contribution in [0, 0.1) is 20.8 Å². The predicted molar refractivity (Wildman–Crippen MR) is 63.3 cm³/mol. The van der Waals surface area contributed by atoms with E-state index in [1.54, 1.807) is 0 Å². The van der Waals surface area contributed by atoms with Crippen molar-refractivity contribution in [3.63, 3.8) is 0 Å². The SMILES string of the molecule is Cc1nc(C)c(CN(C)CCCl)nc1C. The highest BCUT2D eigenvalue weighted by Gasteiger charge is 2.07. The quantitative estimate of drug-likeness (QED) is 0.738. The van der Waals surface area contributed by atoms with Crippen LogP contribution >= 0.6 is 11.6 Å². The van der Waals surface area contributed by atoms with Gasteiger partial charge < -0.3 is 0 Å². The fourth-order valence-corrected chi connectivity index (χ4v) is 1.68. The molecule has 0 unspecified atom stereocenters. The first kappa shape index (κ1) is 12.4. The van der Waals surface area contributed by atoms with Crippen molar-refractivity contribution in [3.8, 4) is 0 Å². The Labute approximate surface area is 96.5 Å². The molecule has 1 rings (SSSR count). The van der Waals surface area contributed by atoms with Gasteiger partial charge in [-0.1, -0.05) is 0 Å². The highest BCUT2D eigenvalue weighted by Crippen LogP contribution is 2.08. The van der Waals surface area contributed by atoms with Crippen LogP contribution < -0.4 is 0 Å². The lowest BCUT2D eigenvalue weighted by molar-refractivity contribution is 0.341. The molecular weight excluding hydrogens is 210 g/mol. The number of alkyl halides is 1. The van der Waals surface area contributed by atoms with E-state index in [9.17, 15) is 0 Å². The second-order valence-corrected chi connectivity index (χ2v) is 4.23. The highest BCUT2D eigenvalue weighted by atomic mass is 35.5. The van der Waals surface area contributed by atoms with E-state index in [1.165, 1.54) is 0 Å². The first-order chi connectivity index (χ1) is 7.04. The summed E-state index contributed by atoms with van der Waals surface area (Å²) in [5.41, 5.74) is 4.08. The molecule has 0 atom stereocenters. The molecule has 0 aromatic carbocycles. The number of aryl methyl sites for hydroxylation is 3. The summed E-state index contributed by atoms with van der Waals surface area (Å²) in [7, 11) is 2.04. The van der Waals surface area contributed by atoms with Crippen LogP contribution in [0.1, 0.15) is 22.8 Å². The van der Waals surface area contributed by atoms with Crippen LogP contribution in [0.25, 0.3) is 0 Å². The zero-order chi connectivity index (χ0) is 11.4. The lowest BCUT2D eigenvalue weighted by Crippen LogP contribution is -2.22. The van der Waals surface area contributed by atoms with Gasteiger partial charge in [-0.05, 0) is 27.8 Å². The minimum Gasteiger partial charge on any atom is -0.299 e. The van der Waals surface area contributed by atoms with Gasteiger partial charge in [0, 0.05) is 19.0 Å². The molecule has 84 valence electrons. The summed E-state index contributed by atoms with van der Waals surface area (Å²) in [6, 6.07) is 0. The van der Waals surface area contributed by atoms with Crippen molar-refractivity contribution < 1.29 is 0 Å². The number of rotatable bonds is 4. The summed E-state index contributed by atoms with van der Waals surface area (Å²) in [5.74, 6) is 0.647. The van der Waals surface area contributed by atoms with Crippen LogP contribution in [0.2, 0.25) is 0 Å². The maximum atomic E-state index is 5.68. The van der Waals surface area contributed by atoms with Gasteiger partial charge in [-0.2, -0.15) is 0 Å². The maximum absolute atomic E-state index is 5.68. The lowest BCUT2D eigenvalue weighted by atomic mass is 10.2. The summed E-state index contributed by atoms with van der Waals surface area (Å²) in [4.78, 5) is 11.2. The van der Waals surface area contributed by atoms with Crippen LogP contribution in [0.5, 0.6) is 0 Å². The minimum atomic E-state index is 0.647. The Morgan fingerprint density at radius 1 is 1.07 bits per heavy atom. The first-order valence-corrected chi connectivity index (χ1v) is 5.63. The first-order valence-electron chi connectivity index (χ1n) is 5.09. The molecule has 3 nitrogen and oxygen atoms in total.